The zero-order chi connectivity index (χ0) is 20.1. The van der Waals surface area contributed by atoms with Crippen molar-refractivity contribution in [2.24, 2.45) is 0 Å². The molecule has 3 aromatic rings. The van der Waals surface area contributed by atoms with Crippen LogP contribution in [0.1, 0.15) is 22.5 Å². The number of hydrogen-bond donors (Lipinski definition) is 0. The lowest BCUT2D eigenvalue weighted by Gasteiger charge is -2.15. The molecule has 28 heavy (non-hydrogen) atoms. The zero-order valence-corrected chi connectivity index (χ0v) is 15.8. The summed E-state index contributed by atoms with van der Waals surface area (Å²) in [5.74, 6) is -1.27. The lowest BCUT2D eigenvalue weighted by molar-refractivity contribution is -0.138. The maximum atomic E-state index is 13.9. The van der Waals surface area contributed by atoms with Crippen molar-refractivity contribution in [1.82, 2.24) is 9.97 Å². The summed E-state index contributed by atoms with van der Waals surface area (Å²) in [6, 6.07) is 16.8. The minimum atomic E-state index is -0.717. The Morgan fingerprint density at radius 2 is 1.54 bits per heavy atom. The molecular weight excluding hydrogens is 359 g/mol. The molecule has 0 unspecified atom stereocenters. The van der Waals surface area contributed by atoms with Crippen molar-refractivity contribution in [3.8, 4) is 6.01 Å². The van der Waals surface area contributed by atoms with Crippen molar-refractivity contribution in [3.63, 3.8) is 0 Å². The molecule has 2 aromatic carbocycles. The monoisotopic (exact) mass is 378 g/mol. The second-order valence-corrected chi connectivity index (χ2v) is 6.11. The quantitative estimate of drug-likeness (QED) is 0.377. The average Bonchev–Trinajstić information content (AvgIpc) is 2.67. The van der Waals surface area contributed by atoms with Crippen LogP contribution in [0.25, 0.3) is 5.57 Å². The molecule has 0 N–H and O–H groups in total. The third-order valence-corrected chi connectivity index (χ3v) is 3.93. The lowest BCUT2D eigenvalue weighted by Crippen LogP contribution is -2.16. The third kappa shape index (κ3) is 4.40. The van der Waals surface area contributed by atoms with Gasteiger partial charge in [0, 0.05) is 17.0 Å². The molecule has 0 saturated heterocycles. The van der Waals surface area contributed by atoms with Crippen molar-refractivity contribution in [2.75, 3.05) is 7.11 Å². The zero-order valence-electron chi connectivity index (χ0n) is 15.8. The van der Waals surface area contributed by atoms with Gasteiger partial charge in [-0.3, -0.25) is 0 Å². The maximum absolute atomic E-state index is 13.9. The summed E-state index contributed by atoms with van der Waals surface area (Å²) in [5, 5.41) is 0. The Bertz CT molecular complexity index is 1010. The van der Waals surface area contributed by atoms with Gasteiger partial charge in [0.2, 0.25) is 5.76 Å². The van der Waals surface area contributed by atoms with Crippen LogP contribution in [0.15, 0.2) is 66.4 Å². The Morgan fingerprint density at radius 3 is 2.14 bits per heavy atom. The van der Waals surface area contributed by atoms with E-state index in [1.165, 1.54) is 19.2 Å². The Morgan fingerprint density at radius 1 is 0.893 bits per heavy atom. The number of halogens is 1. The number of esters is 1. The Balaban J connectivity index is 2.25. The van der Waals surface area contributed by atoms with Gasteiger partial charge in [-0.1, -0.05) is 42.5 Å². The number of methoxy groups -OCH3 is 1. The molecule has 0 fully saturated rings. The van der Waals surface area contributed by atoms with E-state index in [4.69, 9.17) is 9.47 Å². The molecule has 1 heterocycles. The van der Waals surface area contributed by atoms with Crippen molar-refractivity contribution >= 4 is 11.5 Å². The van der Waals surface area contributed by atoms with Crippen LogP contribution < -0.4 is 4.74 Å². The fourth-order valence-corrected chi connectivity index (χ4v) is 2.80. The molecule has 0 radical (unpaired) electrons. The van der Waals surface area contributed by atoms with Crippen molar-refractivity contribution in [2.45, 2.75) is 13.8 Å². The van der Waals surface area contributed by atoms with Crippen LogP contribution in [-0.2, 0) is 9.53 Å². The number of carbonyl (C=O) groups excluding carboxylic acids is 1. The van der Waals surface area contributed by atoms with Gasteiger partial charge in [-0.05, 0) is 43.2 Å². The SMILES string of the molecule is COC(=O)C(Oc1nc(C)cc(C)n1)=C(c1ccccc1)c1cccc(F)c1. The molecule has 3 rings (SSSR count). The average molecular weight is 378 g/mol. The molecule has 0 amide bonds. The van der Waals surface area contributed by atoms with Crippen molar-refractivity contribution in [3.05, 3.63) is 94.8 Å². The first-order chi connectivity index (χ1) is 13.5. The molecule has 1 aromatic heterocycles. The van der Waals surface area contributed by atoms with Gasteiger partial charge in [0.1, 0.15) is 5.82 Å². The highest BCUT2D eigenvalue weighted by atomic mass is 19.1. The summed E-state index contributed by atoms with van der Waals surface area (Å²) in [5.41, 5.74) is 2.90. The highest BCUT2D eigenvalue weighted by Gasteiger charge is 2.23. The summed E-state index contributed by atoms with van der Waals surface area (Å²) in [7, 11) is 1.25. The van der Waals surface area contributed by atoms with Crippen molar-refractivity contribution < 1.29 is 18.7 Å². The standard InChI is InChI=1S/C22H19FN2O3/c1-14-12-15(2)25-22(24-14)28-20(21(26)27-3)19(16-8-5-4-6-9-16)17-10-7-11-18(23)13-17/h4-13H,1-3H3. The van der Waals surface area contributed by atoms with Gasteiger partial charge in [-0.25, -0.2) is 19.2 Å². The molecule has 0 saturated carbocycles. The summed E-state index contributed by atoms with van der Waals surface area (Å²) in [6.07, 6.45) is 0. The topological polar surface area (TPSA) is 61.3 Å². The second kappa shape index (κ2) is 8.43. The fraction of sp³-hybridized carbons (Fsp3) is 0.136. The predicted molar refractivity (Wildman–Crippen MR) is 103 cm³/mol. The van der Waals surface area contributed by atoms with E-state index < -0.39 is 11.8 Å². The summed E-state index contributed by atoms with van der Waals surface area (Å²) >= 11 is 0. The van der Waals surface area contributed by atoms with E-state index in [2.05, 4.69) is 9.97 Å². The van der Waals surface area contributed by atoms with Gasteiger partial charge in [0.05, 0.1) is 7.11 Å². The van der Waals surface area contributed by atoms with E-state index in [9.17, 15) is 9.18 Å². The minimum Gasteiger partial charge on any atom is -0.463 e. The summed E-state index contributed by atoms with van der Waals surface area (Å²) in [6.45, 7) is 3.60. The van der Waals surface area contributed by atoms with E-state index in [0.717, 1.165) is 0 Å². The highest BCUT2D eigenvalue weighted by Crippen LogP contribution is 2.29. The molecule has 0 bridgehead atoms. The van der Waals surface area contributed by atoms with E-state index in [0.29, 0.717) is 28.1 Å². The molecule has 0 aliphatic rings. The largest absolute Gasteiger partial charge is 0.463 e. The Labute approximate surface area is 162 Å². The lowest BCUT2D eigenvalue weighted by atomic mass is 9.96. The Kier molecular flexibility index (Phi) is 5.79. The normalized spacial score (nSPS) is 11.6. The van der Waals surface area contributed by atoms with Crippen LogP contribution in [0.5, 0.6) is 6.01 Å². The first-order valence-corrected chi connectivity index (χ1v) is 8.62. The summed E-state index contributed by atoms with van der Waals surface area (Å²) < 4.78 is 24.6. The molecule has 0 aliphatic carbocycles. The number of nitrogens with zero attached hydrogens (tertiary/aromatic N) is 2. The van der Waals surface area contributed by atoms with E-state index in [1.807, 2.05) is 18.2 Å². The van der Waals surface area contributed by atoms with Gasteiger partial charge in [-0.15, -0.1) is 0 Å². The summed E-state index contributed by atoms with van der Waals surface area (Å²) in [4.78, 5) is 21.1. The van der Waals surface area contributed by atoms with Crippen LogP contribution in [0.4, 0.5) is 4.39 Å². The maximum Gasteiger partial charge on any atom is 0.374 e. The van der Waals surface area contributed by atoms with Crippen LogP contribution >= 0.6 is 0 Å². The van der Waals surface area contributed by atoms with Gasteiger partial charge < -0.3 is 9.47 Å². The molecule has 0 aliphatic heterocycles. The number of hydrogen-bond acceptors (Lipinski definition) is 5. The first kappa shape index (κ1) is 19.2. The van der Waals surface area contributed by atoms with Crippen molar-refractivity contribution in [1.29, 1.82) is 0 Å². The number of carbonyl (C=O) groups is 1. The predicted octanol–water partition coefficient (Wildman–Crippen LogP) is 4.24. The Hall–Kier alpha value is -3.54. The van der Waals surface area contributed by atoms with Gasteiger partial charge in [0.25, 0.3) is 0 Å². The number of benzene rings is 2. The van der Waals surface area contributed by atoms with Gasteiger partial charge >= 0.3 is 12.0 Å². The molecular formula is C22H19FN2O3. The van der Waals surface area contributed by atoms with E-state index in [1.54, 1.807) is 44.2 Å². The molecule has 0 atom stereocenters. The molecule has 142 valence electrons. The molecule has 6 heteroatoms. The highest BCUT2D eigenvalue weighted by molar-refractivity contribution is 6.00. The minimum absolute atomic E-state index is 0.0164. The number of rotatable bonds is 5. The molecule has 0 spiro atoms. The van der Waals surface area contributed by atoms with Gasteiger partial charge in [-0.2, -0.15) is 0 Å². The van der Waals surface area contributed by atoms with Crippen LogP contribution in [-0.4, -0.2) is 23.0 Å². The second-order valence-electron chi connectivity index (χ2n) is 6.11. The third-order valence-electron chi connectivity index (χ3n) is 3.93. The van der Waals surface area contributed by atoms with Crippen LogP contribution in [0, 0.1) is 19.7 Å². The number of ether oxygens (including phenoxy) is 2. The molecule has 5 nitrogen and oxygen atoms in total. The number of aryl methyl sites for hydroxylation is 2. The van der Waals surface area contributed by atoms with Gasteiger partial charge in [0.15, 0.2) is 0 Å². The number of aromatic nitrogens is 2. The van der Waals surface area contributed by atoms with Crippen LogP contribution in [0.2, 0.25) is 0 Å². The first-order valence-electron chi connectivity index (χ1n) is 8.62. The fourth-order valence-electron chi connectivity index (χ4n) is 2.80. The van der Waals surface area contributed by atoms with E-state index in [-0.39, 0.29) is 11.8 Å². The van der Waals surface area contributed by atoms with Crippen LogP contribution in [0.3, 0.4) is 0 Å². The van der Waals surface area contributed by atoms with E-state index >= 15 is 0 Å². The smallest absolute Gasteiger partial charge is 0.374 e.